The van der Waals surface area contributed by atoms with Crippen molar-refractivity contribution in [2.45, 2.75) is 44.0 Å². The van der Waals surface area contributed by atoms with Crippen LogP contribution in [-0.2, 0) is 5.54 Å². The highest BCUT2D eigenvalue weighted by Gasteiger charge is 2.45. The highest BCUT2D eigenvalue weighted by atomic mass is 19.4. The summed E-state index contributed by atoms with van der Waals surface area (Å²) >= 11 is 0. The summed E-state index contributed by atoms with van der Waals surface area (Å²) in [4.78, 5) is 4.04. The van der Waals surface area contributed by atoms with Crippen LogP contribution in [0.5, 0.6) is 0 Å². The molecule has 0 aromatic carbocycles. The lowest BCUT2D eigenvalue weighted by molar-refractivity contribution is -0.203. The lowest BCUT2D eigenvalue weighted by atomic mass is 9.76. The van der Waals surface area contributed by atoms with E-state index in [1.54, 1.807) is 6.92 Å². The summed E-state index contributed by atoms with van der Waals surface area (Å²) in [6.07, 6.45) is -4.86. The van der Waals surface area contributed by atoms with Crippen LogP contribution in [0, 0.1) is 6.92 Å². The van der Waals surface area contributed by atoms with Crippen molar-refractivity contribution in [1.29, 1.82) is 0 Å². The third-order valence-electron chi connectivity index (χ3n) is 3.17. The van der Waals surface area contributed by atoms with E-state index in [2.05, 4.69) is 15.5 Å². The number of aliphatic hydroxyl groups is 1. The number of nitrogens with one attached hydrogen (secondary N) is 1. The van der Waals surface area contributed by atoms with Crippen LogP contribution >= 0.6 is 0 Å². The first kappa shape index (κ1) is 13.3. The maximum absolute atomic E-state index is 12.2. The molecule has 5 nitrogen and oxygen atoms in total. The maximum atomic E-state index is 12.2. The minimum Gasteiger partial charge on any atom is -0.382 e. The summed E-state index contributed by atoms with van der Waals surface area (Å²) in [6, 6.07) is 0. The second kappa shape index (κ2) is 4.51. The van der Waals surface area contributed by atoms with Crippen molar-refractivity contribution < 1.29 is 22.8 Å². The third-order valence-corrected chi connectivity index (χ3v) is 3.17. The highest BCUT2D eigenvalue weighted by Crippen LogP contribution is 2.39. The van der Waals surface area contributed by atoms with Gasteiger partial charge in [-0.1, -0.05) is 5.16 Å². The van der Waals surface area contributed by atoms with E-state index in [4.69, 9.17) is 9.63 Å². The average molecular weight is 265 g/mol. The van der Waals surface area contributed by atoms with Gasteiger partial charge in [0.25, 0.3) is 0 Å². The number of aryl methyl sites for hydroxylation is 1. The molecule has 0 bridgehead atoms. The van der Waals surface area contributed by atoms with Gasteiger partial charge in [0, 0.05) is 13.5 Å². The van der Waals surface area contributed by atoms with Gasteiger partial charge in [-0.05, 0) is 19.3 Å². The zero-order chi connectivity index (χ0) is 13.4. The first-order valence-electron chi connectivity index (χ1n) is 5.64. The van der Waals surface area contributed by atoms with Crippen molar-refractivity contribution in [2.24, 2.45) is 0 Å². The van der Waals surface area contributed by atoms with Crippen molar-refractivity contribution in [3.8, 4) is 0 Å². The predicted molar refractivity (Wildman–Crippen MR) is 54.6 cm³/mol. The van der Waals surface area contributed by atoms with Crippen molar-refractivity contribution in [3.05, 3.63) is 11.7 Å². The first-order chi connectivity index (χ1) is 8.33. The van der Waals surface area contributed by atoms with E-state index in [0.717, 1.165) is 6.42 Å². The fourth-order valence-electron chi connectivity index (χ4n) is 1.91. The molecule has 1 atom stereocenters. The minimum absolute atomic E-state index is 0.362. The van der Waals surface area contributed by atoms with Crippen LogP contribution in [0.25, 0.3) is 0 Å². The summed E-state index contributed by atoms with van der Waals surface area (Å²) < 4.78 is 41.5. The SMILES string of the molecule is Cc1nc(C2(NC[C@H](O)C(F)(F)F)CCC2)no1. The van der Waals surface area contributed by atoms with Crippen LogP contribution in [-0.4, -0.2) is 34.1 Å². The smallest absolute Gasteiger partial charge is 0.382 e. The van der Waals surface area contributed by atoms with Crippen molar-refractivity contribution >= 4 is 0 Å². The zero-order valence-electron chi connectivity index (χ0n) is 9.79. The molecule has 1 aliphatic carbocycles. The molecule has 1 saturated carbocycles. The number of hydrogen-bond donors (Lipinski definition) is 2. The molecular formula is C10H14F3N3O2. The Morgan fingerprint density at radius 1 is 1.50 bits per heavy atom. The van der Waals surface area contributed by atoms with Crippen LogP contribution in [0.3, 0.4) is 0 Å². The monoisotopic (exact) mass is 265 g/mol. The number of aliphatic hydroxyl groups excluding tert-OH is 1. The van der Waals surface area contributed by atoms with Crippen LogP contribution in [0.1, 0.15) is 31.0 Å². The molecule has 0 aliphatic heterocycles. The molecule has 1 aliphatic rings. The molecule has 1 aromatic heterocycles. The maximum Gasteiger partial charge on any atom is 0.415 e. The molecule has 0 spiro atoms. The van der Waals surface area contributed by atoms with Gasteiger partial charge in [0.1, 0.15) is 0 Å². The van der Waals surface area contributed by atoms with Gasteiger partial charge < -0.3 is 14.9 Å². The summed E-state index contributed by atoms with van der Waals surface area (Å²) in [5.41, 5.74) is -0.690. The van der Waals surface area contributed by atoms with Gasteiger partial charge in [0.2, 0.25) is 5.89 Å². The Morgan fingerprint density at radius 3 is 2.56 bits per heavy atom. The van der Waals surface area contributed by atoms with Crippen LogP contribution in [0.4, 0.5) is 13.2 Å². The molecule has 2 rings (SSSR count). The average Bonchev–Trinajstić information content (AvgIpc) is 2.62. The highest BCUT2D eigenvalue weighted by molar-refractivity contribution is 5.10. The molecule has 0 unspecified atom stereocenters. The summed E-state index contributed by atoms with van der Waals surface area (Å²) in [7, 11) is 0. The molecule has 102 valence electrons. The van der Waals surface area contributed by atoms with Gasteiger partial charge in [0.05, 0.1) is 5.54 Å². The van der Waals surface area contributed by atoms with E-state index in [-0.39, 0.29) is 0 Å². The van der Waals surface area contributed by atoms with Crippen molar-refractivity contribution in [3.63, 3.8) is 0 Å². The fraction of sp³-hybridized carbons (Fsp3) is 0.800. The number of aromatic nitrogens is 2. The topological polar surface area (TPSA) is 71.2 Å². The third kappa shape index (κ3) is 2.49. The Morgan fingerprint density at radius 2 is 2.17 bits per heavy atom. The molecular weight excluding hydrogens is 251 g/mol. The van der Waals surface area contributed by atoms with Crippen LogP contribution in [0.2, 0.25) is 0 Å². The Kier molecular flexibility index (Phi) is 3.33. The molecule has 18 heavy (non-hydrogen) atoms. The van der Waals surface area contributed by atoms with Crippen LogP contribution in [0.15, 0.2) is 4.52 Å². The molecule has 1 aromatic rings. The van der Waals surface area contributed by atoms with E-state index < -0.39 is 24.4 Å². The van der Waals surface area contributed by atoms with E-state index in [1.807, 2.05) is 0 Å². The molecule has 1 fully saturated rings. The summed E-state index contributed by atoms with van der Waals surface area (Å²) in [5.74, 6) is 0.732. The van der Waals surface area contributed by atoms with Gasteiger partial charge in [-0.25, -0.2) is 0 Å². The van der Waals surface area contributed by atoms with Gasteiger partial charge in [-0.3, -0.25) is 0 Å². The second-order valence-corrected chi connectivity index (χ2v) is 4.51. The Hall–Kier alpha value is -1.15. The number of hydrogen-bond acceptors (Lipinski definition) is 5. The lowest BCUT2D eigenvalue weighted by Crippen LogP contribution is -2.53. The molecule has 1 heterocycles. The number of halogens is 3. The van der Waals surface area contributed by atoms with E-state index in [0.29, 0.717) is 24.6 Å². The van der Waals surface area contributed by atoms with Gasteiger partial charge in [-0.15, -0.1) is 0 Å². The largest absolute Gasteiger partial charge is 0.415 e. The normalized spacial score (nSPS) is 20.5. The fourth-order valence-corrected chi connectivity index (χ4v) is 1.91. The Labute approximate surface area is 101 Å². The Balaban J connectivity index is 2.02. The van der Waals surface area contributed by atoms with Gasteiger partial charge >= 0.3 is 6.18 Å². The van der Waals surface area contributed by atoms with E-state index in [1.165, 1.54) is 0 Å². The zero-order valence-corrected chi connectivity index (χ0v) is 9.79. The summed E-state index contributed by atoms with van der Waals surface area (Å²) in [5, 5.41) is 15.4. The van der Waals surface area contributed by atoms with E-state index in [9.17, 15) is 13.2 Å². The summed E-state index contributed by atoms with van der Waals surface area (Å²) in [6.45, 7) is 1.05. The predicted octanol–water partition coefficient (Wildman–Crippen LogP) is 1.27. The molecule has 0 radical (unpaired) electrons. The second-order valence-electron chi connectivity index (χ2n) is 4.51. The number of alkyl halides is 3. The molecule has 2 N–H and O–H groups in total. The lowest BCUT2D eigenvalue weighted by Gasteiger charge is -2.40. The molecule has 0 amide bonds. The first-order valence-corrected chi connectivity index (χ1v) is 5.64. The minimum atomic E-state index is -4.62. The van der Waals surface area contributed by atoms with Gasteiger partial charge in [0.15, 0.2) is 11.9 Å². The van der Waals surface area contributed by atoms with Crippen molar-refractivity contribution in [1.82, 2.24) is 15.5 Å². The van der Waals surface area contributed by atoms with E-state index >= 15 is 0 Å². The van der Waals surface area contributed by atoms with Crippen molar-refractivity contribution in [2.75, 3.05) is 6.54 Å². The number of nitrogens with zero attached hydrogens (tertiary/aromatic N) is 2. The molecule has 8 heteroatoms. The standard InChI is InChI=1S/C10H14F3N3O2/c1-6-15-8(16-18-6)9(3-2-4-9)14-5-7(17)10(11,12)13/h7,14,17H,2-5H2,1H3/t7-/m0/s1. The molecule has 0 saturated heterocycles. The van der Waals surface area contributed by atoms with Gasteiger partial charge in [-0.2, -0.15) is 18.2 Å². The number of rotatable bonds is 4. The Bertz CT molecular complexity index is 415. The van der Waals surface area contributed by atoms with Crippen LogP contribution < -0.4 is 5.32 Å². The quantitative estimate of drug-likeness (QED) is 0.857.